The average Bonchev–Trinajstić information content (AvgIpc) is 2.71. The van der Waals surface area contributed by atoms with Gasteiger partial charge in [0.2, 0.25) is 5.75 Å². The lowest BCUT2D eigenvalue weighted by atomic mass is 10.0. The van der Waals surface area contributed by atoms with Crippen molar-refractivity contribution in [2.75, 3.05) is 27.4 Å². The normalized spacial score (nSPS) is 13.6. The highest BCUT2D eigenvalue weighted by Gasteiger charge is 2.25. The van der Waals surface area contributed by atoms with Gasteiger partial charge in [0.05, 0.1) is 18.1 Å². The quantitative estimate of drug-likeness (QED) is 0.591. The zero-order valence-electron chi connectivity index (χ0n) is 15.3. The molecule has 2 aromatic carbocycles. The smallest absolute Gasteiger partial charge is 0.269 e. The SMILES string of the molecule is COc1cc(C(=O)N(C)C(C)c2cccc([N+](=O)[O-])c2)cc2c1OCCO2. The minimum absolute atomic E-state index is 0.0128. The fourth-order valence-electron chi connectivity index (χ4n) is 2.90. The highest BCUT2D eigenvalue weighted by Crippen LogP contribution is 2.41. The van der Waals surface area contributed by atoms with E-state index in [2.05, 4.69) is 0 Å². The van der Waals surface area contributed by atoms with Crippen LogP contribution in [0.1, 0.15) is 28.9 Å². The van der Waals surface area contributed by atoms with Crippen molar-refractivity contribution in [1.82, 2.24) is 4.90 Å². The number of hydrogen-bond donors (Lipinski definition) is 0. The number of ether oxygens (including phenoxy) is 3. The maximum Gasteiger partial charge on any atom is 0.269 e. The van der Waals surface area contributed by atoms with Crippen LogP contribution in [0, 0.1) is 10.1 Å². The average molecular weight is 372 g/mol. The molecule has 8 heteroatoms. The first-order chi connectivity index (χ1) is 12.9. The highest BCUT2D eigenvalue weighted by molar-refractivity contribution is 5.95. The zero-order chi connectivity index (χ0) is 19.6. The van der Waals surface area contributed by atoms with Gasteiger partial charge in [-0.05, 0) is 24.6 Å². The molecule has 0 aliphatic carbocycles. The maximum atomic E-state index is 13.0. The van der Waals surface area contributed by atoms with Crippen LogP contribution in [0.2, 0.25) is 0 Å². The van der Waals surface area contributed by atoms with Gasteiger partial charge in [-0.3, -0.25) is 14.9 Å². The summed E-state index contributed by atoms with van der Waals surface area (Å²) in [6.45, 7) is 2.63. The molecule has 0 N–H and O–H groups in total. The summed E-state index contributed by atoms with van der Waals surface area (Å²) in [7, 11) is 3.15. The predicted octanol–water partition coefficient (Wildman–Crippen LogP) is 3.21. The first-order valence-corrected chi connectivity index (χ1v) is 8.41. The number of nitro benzene ring substituents is 1. The van der Waals surface area contributed by atoms with Gasteiger partial charge < -0.3 is 19.1 Å². The van der Waals surface area contributed by atoms with Crippen LogP contribution in [0.25, 0.3) is 0 Å². The van der Waals surface area contributed by atoms with E-state index in [-0.39, 0.29) is 17.6 Å². The molecule has 2 aromatic rings. The molecule has 3 rings (SSSR count). The van der Waals surface area contributed by atoms with Crippen LogP contribution >= 0.6 is 0 Å². The van der Waals surface area contributed by atoms with Crippen molar-refractivity contribution in [1.29, 1.82) is 0 Å². The highest BCUT2D eigenvalue weighted by atomic mass is 16.6. The van der Waals surface area contributed by atoms with Crippen molar-refractivity contribution in [3.8, 4) is 17.2 Å². The second kappa shape index (κ2) is 7.53. The predicted molar refractivity (Wildman–Crippen MR) is 97.6 cm³/mol. The molecule has 0 saturated heterocycles. The van der Waals surface area contributed by atoms with Gasteiger partial charge in [-0.1, -0.05) is 12.1 Å². The van der Waals surface area contributed by atoms with Gasteiger partial charge in [0.25, 0.3) is 11.6 Å². The van der Waals surface area contributed by atoms with E-state index >= 15 is 0 Å². The number of nitrogens with zero attached hydrogens (tertiary/aromatic N) is 2. The van der Waals surface area contributed by atoms with Crippen molar-refractivity contribution in [3.63, 3.8) is 0 Å². The Bertz CT molecular complexity index is 865. The summed E-state index contributed by atoms with van der Waals surface area (Å²) in [5.41, 5.74) is 1.04. The molecular formula is C19H20N2O6. The van der Waals surface area contributed by atoms with Gasteiger partial charge in [0, 0.05) is 24.7 Å². The molecule has 1 amide bonds. The number of amides is 1. The molecule has 0 aromatic heterocycles. The molecular weight excluding hydrogens is 352 g/mol. The molecule has 1 aliphatic rings. The maximum absolute atomic E-state index is 13.0. The number of carbonyl (C=O) groups excluding carboxylic acids is 1. The second-order valence-corrected chi connectivity index (χ2v) is 6.15. The van der Waals surface area contributed by atoms with E-state index in [1.807, 2.05) is 6.92 Å². The largest absolute Gasteiger partial charge is 0.493 e. The standard InChI is InChI=1S/C19H20N2O6/c1-12(13-5-4-6-15(9-13)21(23)24)20(2)19(22)14-10-16(25-3)18-17(11-14)26-7-8-27-18/h4-6,9-12H,7-8H2,1-3H3. The molecule has 8 nitrogen and oxygen atoms in total. The molecule has 0 radical (unpaired) electrons. The third-order valence-electron chi connectivity index (χ3n) is 4.54. The van der Waals surface area contributed by atoms with Gasteiger partial charge in [0.15, 0.2) is 11.5 Å². The summed E-state index contributed by atoms with van der Waals surface area (Å²) in [6, 6.07) is 9.11. The van der Waals surface area contributed by atoms with Crippen molar-refractivity contribution < 1.29 is 23.9 Å². The van der Waals surface area contributed by atoms with Crippen molar-refractivity contribution >= 4 is 11.6 Å². The molecule has 0 saturated carbocycles. The molecule has 27 heavy (non-hydrogen) atoms. The van der Waals surface area contributed by atoms with Gasteiger partial charge >= 0.3 is 0 Å². The van der Waals surface area contributed by atoms with Crippen molar-refractivity contribution in [3.05, 3.63) is 57.6 Å². The van der Waals surface area contributed by atoms with E-state index in [9.17, 15) is 14.9 Å². The Hall–Kier alpha value is -3.29. The van der Waals surface area contributed by atoms with Crippen molar-refractivity contribution in [2.45, 2.75) is 13.0 Å². The van der Waals surface area contributed by atoms with Crippen molar-refractivity contribution in [2.24, 2.45) is 0 Å². The fourth-order valence-corrected chi connectivity index (χ4v) is 2.90. The fraction of sp³-hybridized carbons (Fsp3) is 0.316. The Labute approximate surface area is 156 Å². The van der Waals surface area contributed by atoms with Crippen LogP contribution in [0.5, 0.6) is 17.2 Å². The van der Waals surface area contributed by atoms with E-state index in [0.717, 1.165) is 0 Å². The molecule has 0 fully saturated rings. The van der Waals surface area contributed by atoms with Crippen LogP contribution in [0.3, 0.4) is 0 Å². The molecule has 0 spiro atoms. The molecule has 1 aliphatic heterocycles. The van der Waals surface area contributed by atoms with Crippen LogP contribution in [0.4, 0.5) is 5.69 Å². The lowest BCUT2D eigenvalue weighted by Crippen LogP contribution is -2.30. The molecule has 1 heterocycles. The van der Waals surface area contributed by atoms with Crippen LogP contribution in [-0.4, -0.2) is 43.1 Å². The molecule has 0 bridgehead atoms. The first-order valence-electron chi connectivity index (χ1n) is 8.41. The number of methoxy groups -OCH3 is 1. The minimum atomic E-state index is -0.455. The van der Waals surface area contributed by atoms with Crippen LogP contribution in [0.15, 0.2) is 36.4 Å². The van der Waals surface area contributed by atoms with Gasteiger partial charge in [0.1, 0.15) is 13.2 Å². The number of rotatable bonds is 5. The topological polar surface area (TPSA) is 91.1 Å². The Morgan fingerprint density at radius 2 is 2.00 bits per heavy atom. The third-order valence-corrected chi connectivity index (χ3v) is 4.54. The lowest BCUT2D eigenvalue weighted by molar-refractivity contribution is -0.384. The summed E-state index contributed by atoms with van der Waals surface area (Å²) >= 11 is 0. The van der Waals surface area contributed by atoms with E-state index in [1.54, 1.807) is 31.3 Å². The van der Waals surface area contributed by atoms with Gasteiger partial charge in [-0.25, -0.2) is 0 Å². The van der Waals surface area contributed by atoms with E-state index in [4.69, 9.17) is 14.2 Å². The van der Waals surface area contributed by atoms with Gasteiger partial charge in [-0.15, -0.1) is 0 Å². The first kappa shape index (κ1) is 18.5. The van der Waals surface area contributed by atoms with Crippen LogP contribution < -0.4 is 14.2 Å². The van der Waals surface area contributed by atoms with E-state index in [0.29, 0.717) is 41.6 Å². The molecule has 142 valence electrons. The van der Waals surface area contributed by atoms with E-state index < -0.39 is 4.92 Å². The van der Waals surface area contributed by atoms with E-state index in [1.165, 1.54) is 24.1 Å². The number of nitro groups is 1. The summed E-state index contributed by atoms with van der Waals surface area (Å²) in [6.07, 6.45) is 0. The Kier molecular flexibility index (Phi) is 5.16. The van der Waals surface area contributed by atoms with Gasteiger partial charge in [-0.2, -0.15) is 0 Å². The molecule has 1 atom stereocenters. The lowest BCUT2D eigenvalue weighted by Gasteiger charge is -2.27. The number of benzene rings is 2. The number of hydrogen-bond acceptors (Lipinski definition) is 6. The Morgan fingerprint density at radius 3 is 2.70 bits per heavy atom. The summed E-state index contributed by atoms with van der Waals surface area (Å²) in [4.78, 5) is 25.0. The monoisotopic (exact) mass is 372 g/mol. The zero-order valence-corrected chi connectivity index (χ0v) is 15.3. The summed E-state index contributed by atoms with van der Waals surface area (Å²) in [5.74, 6) is 1.10. The Morgan fingerprint density at radius 1 is 1.26 bits per heavy atom. The number of fused-ring (bicyclic) bond motifs is 1. The third kappa shape index (κ3) is 3.64. The molecule has 1 unspecified atom stereocenters. The number of non-ortho nitro benzene ring substituents is 1. The summed E-state index contributed by atoms with van der Waals surface area (Å²) in [5, 5.41) is 11.0. The minimum Gasteiger partial charge on any atom is -0.493 e. The summed E-state index contributed by atoms with van der Waals surface area (Å²) < 4.78 is 16.4. The number of carbonyl (C=O) groups is 1. The Balaban J connectivity index is 1.89. The van der Waals surface area contributed by atoms with Crippen LogP contribution in [-0.2, 0) is 0 Å². The second-order valence-electron chi connectivity index (χ2n) is 6.15.